The van der Waals surface area contributed by atoms with E-state index in [4.69, 9.17) is 4.74 Å². The highest BCUT2D eigenvalue weighted by Crippen LogP contribution is 2.48. The van der Waals surface area contributed by atoms with Crippen LogP contribution >= 0.6 is 0 Å². The molecule has 1 heterocycles. The summed E-state index contributed by atoms with van der Waals surface area (Å²) in [7, 11) is 1.81. The van der Waals surface area contributed by atoms with Crippen molar-refractivity contribution in [3.05, 3.63) is 0 Å². The Morgan fingerprint density at radius 2 is 1.82 bits per heavy atom. The van der Waals surface area contributed by atoms with E-state index in [1.807, 2.05) is 0 Å². The lowest BCUT2D eigenvalue weighted by atomic mass is 9.81. The van der Waals surface area contributed by atoms with Gasteiger partial charge in [-0.3, -0.25) is 0 Å². The van der Waals surface area contributed by atoms with Crippen LogP contribution in [0.25, 0.3) is 0 Å². The Kier molecular flexibility index (Phi) is 4.45. The van der Waals surface area contributed by atoms with Gasteiger partial charge in [0, 0.05) is 26.8 Å². The van der Waals surface area contributed by atoms with Gasteiger partial charge in [0.05, 0.1) is 0 Å². The first-order valence-electron chi connectivity index (χ1n) is 7.09. The van der Waals surface area contributed by atoms with Gasteiger partial charge in [-0.25, -0.2) is 0 Å². The van der Waals surface area contributed by atoms with Gasteiger partial charge in [0.2, 0.25) is 0 Å². The Hall–Kier alpha value is -0.120. The van der Waals surface area contributed by atoms with Crippen molar-refractivity contribution >= 4 is 0 Å². The van der Waals surface area contributed by atoms with E-state index < -0.39 is 0 Å². The van der Waals surface area contributed by atoms with Crippen LogP contribution in [0, 0.1) is 10.8 Å². The van der Waals surface area contributed by atoms with Crippen molar-refractivity contribution < 1.29 is 4.74 Å². The molecule has 1 aliphatic heterocycles. The van der Waals surface area contributed by atoms with Gasteiger partial charge in [-0.05, 0) is 56.0 Å². The van der Waals surface area contributed by atoms with Gasteiger partial charge in [-0.1, -0.05) is 6.92 Å². The second kappa shape index (κ2) is 5.68. The number of methoxy groups -OCH3 is 1. The normalized spacial score (nSPS) is 25.8. The van der Waals surface area contributed by atoms with Crippen LogP contribution in [-0.4, -0.2) is 39.9 Å². The average Bonchev–Trinajstić information content (AvgIpc) is 3.08. The lowest BCUT2D eigenvalue weighted by Crippen LogP contribution is -2.42. The van der Waals surface area contributed by atoms with Crippen molar-refractivity contribution in [2.24, 2.45) is 10.8 Å². The van der Waals surface area contributed by atoms with Crippen LogP contribution in [0.3, 0.4) is 0 Å². The number of hydrogen-bond donors (Lipinski definition) is 2. The molecule has 0 aromatic heterocycles. The highest BCUT2D eigenvalue weighted by atomic mass is 16.5. The number of hydrogen-bond acceptors (Lipinski definition) is 3. The Labute approximate surface area is 106 Å². The standard InChI is InChI=1S/C14H28N2O/c1-13(5-8-15-9-6-13)11-16-12-14(3-4-14)7-10-17-2/h15-16H,3-12H2,1-2H3. The fraction of sp³-hybridized carbons (Fsp3) is 1.00. The summed E-state index contributed by atoms with van der Waals surface area (Å²) < 4.78 is 5.20. The molecule has 0 spiro atoms. The minimum atomic E-state index is 0.516. The largest absolute Gasteiger partial charge is 0.385 e. The zero-order chi connectivity index (χ0) is 12.2. The molecule has 1 saturated heterocycles. The van der Waals surface area contributed by atoms with E-state index in [0.29, 0.717) is 10.8 Å². The topological polar surface area (TPSA) is 33.3 Å². The maximum Gasteiger partial charge on any atom is 0.0468 e. The molecule has 100 valence electrons. The molecule has 0 aromatic rings. The summed E-state index contributed by atoms with van der Waals surface area (Å²) in [5, 5.41) is 7.17. The van der Waals surface area contributed by atoms with Crippen molar-refractivity contribution in [1.29, 1.82) is 0 Å². The van der Waals surface area contributed by atoms with E-state index in [1.54, 1.807) is 7.11 Å². The zero-order valence-electron chi connectivity index (χ0n) is 11.5. The quantitative estimate of drug-likeness (QED) is 0.712. The summed E-state index contributed by atoms with van der Waals surface area (Å²) >= 11 is 0. The fourth-order valence-electron chi connectivity index (χ4n) is 2.85. The summed E-state index contributed by atoms with van der Waals surface area (Å²) in [5.41, 5.74) is 1.10. The first-order valence-corrected chi connectivity index (χ1v) is 7.09. The molecule has 0 atom stereocenters. The van der Waals surface area contributed by atoms with E-state index in [0.717, 1.165) is 6.61 Å². The molecule has 1 saturated carbocycles. The van der Waals surface area contributed by atoms with Gasteiger partial charge in [0.1, 0.15) is 0 Å². The zero-order valence-corrected chi connectivity index (χ0v) is 11.5. The van der Waals surface area contributed by atoms with E-state index in [-0.39, 0.29) is 0 Å². The van der Waals surface area contributed by atoms with E-state index in [2.05, 4.69) is 17.6 Å². The fourth-order valence-corrected chi connectivity index (χ4v) is 2.85. The molecule has 2 rings (SSSR count). The third kappa shape index (κ3) is 3.94. The third-order valence-corrected chi connectivity index (χ3v) is 4.66. The molecule has 0 aromatic carbocycles. The molecule has 17 heavy (non-hydrogen) atoms. The Bertz CT molecular complexity index is 232. The molecular formula is C14H28N2O. The van der Waals surface area contributed by atoms with Gasteiger partial charge in [-0.2, -0.15) is 0 Å². The van der Waals surface area contributed by atoms with Crippen LogP contribution in [0.2, 0.25) is 0 Å². The Morgan fingerprint density at radius 1 is 1.12 bits per heavy atom. The van der Waals surface area contributed by atoms with Crippen molar-refractivity contribution in [3.63, 3.8) is 0 Å². The molecule has 3 heteroatoms. The summed E-state index contributed by atoms with van der Waals surface area (Å²) in [5.74, 6) is 0. The molecule has 0 radical (unpaired) electrons. The van der Waals surface area contributed by atoms with Crippen molar-refractivity contribution in [3.8, 4) is 0 Å². The Balaban J connectivity index is 1.65. The molecule has 0 bridgehead atoms. The van der Waals surface area contributed by atoms with Crippen molar-refractivity contribution in [1.82, 2.24) is 10.6 Å². The first-order chi connectivity index (χ1) is 8.18. The minimum absolute atomic E-state index is 0.516. The monoisotopic (exact) mass is 240 g/mol. The second-order valence-electron chi connectivity index (χ2n) is 6.41. The second-order valence-corrected chi connectivity index (χ2v) is 6.41. The smallest absolute Gasteiger partial charge is 0.0468 e. The maximum atomic E-state index is 5.20. The van der Waals surface area contributed by atoms with Crippen LogP contribution in [0.4, 0.5) is 0 Å². The summed E-state index contributed by atoms with van der Waals surface area (Å²) in [4.78, 5) is 0. The Morgan fingerprint density at radius 3 is 2.41 bits per heavy atom. The van der Waals surface area contributed by atoms with Crippen LogP contribution in [0.15, 0.2) is 0 Å². The molecule has 2 fully saturated rings. The van der Waals surface area contributed by atoms with Gasteiger partial charge < -0.3 is 15.4 Å². The average molecular weight is 240 g/mol. The minimum Gasteiger partial charge on any atom is -0.385 e. The number of piperidine rings is 1. The van der Waals surface area contributed by atoms with Crippen LogP contribution < -0.4 is 10.6 Å². The lowest BCUT2D eigenvalue weighted by molar-refractivity contribution is 0.166. The molecule has 1 aliphatic carbocycles. The van der Waals surface area contributed by atoms with Crippen LogP contribution in [0.1, 0.15) is 39.0 Å². The molecule has 0 amide bonds. The summed E-state index contributed by atoms with van der Waals surface area (Å²) in [6.07, 6.45) is 6.63. The first kappa shape index (κ1) is 13.3. The van der Waals surface area contributed by atoms with Gasteiger partial charge >= 0.3 is 0 Å². The van der Waals surface area contributed by atoms with Crippen molar-refractivity contribution in [2.75, 3.05) is 39.9 Å². The molecule has 0 unspecified atom stereocenters. The number of rotatable bonds is 7. The van der Waals surface area contributed by atoms with Crippen LogP contribution in [-0.2, 0) is 4.74 Å². The number of ether oxygens (including phenoxy) is 1. The van der Waals surface area contributed by atoms with Crippen molar-refractivity contribution in [2.45, 2.75) is 39.0 Å². The third-order valence-electron chi connectivity index (χ3n) is 4.66. The SMILES string of the molecule is COCCC1(CNCC2(C)CCNCC2)CC1. The van der Waals surface area contributed by atoms with E-state index >= 15 is 0 Å². The molecular weight excluding hydrogens is 212 g/mol. The number of nitrogens with one attached hydrogen (secondary N) is 2. The molecule has 2 N–H and O–H groups in total. The van der Waals surface area contributed by atoms with Gasteiger partial charge in [-0.15, -0.1) is 0 Å². The van der Waals surface area contributed by atoms with Gasteiger partial charge in [0.15, 0.2) is 0 Å². The summed E-state index contributed by atoms with van der Waals surface area (Å²) in [6, 6.07) is 0. The maximum absolute atomic E-state index is 5.20. The highest BCUT2D eigenvalue weighted by Gasteiger charge is 2.41. The summed E-state index contributed by atoms with van der Waals surface area (Å²) in [6.45, 7) is 8.10. The predicted molar refractivity (Wildman–Crippen MR) is 71.2 cm³/mol. The lowest BCUT2D eigenvalue weighted by Gasteiger charge is -2.34. The highest BCUT2D eigenvalue weighted by molar-refractivity contribution is 4.95. The van der Waals surface area contributed by atoms with Crippen LogP contribution in [0.5, 0.6) is 0 Å². The van der Waals surface area contributed by atoms with E-state index in [1.165, 1.54) is 58.3 Å². The van der Waals surface area contributed by atoms with E-state index in [9.17, 15) is 0 Å². The molecule has 3 nitrogen and oxygen atoms in total. The molecule has 2 aliphatic rings. The van der Waals surface area contributed by atoms with Gasteiger partial charge in [0.25, 0.3) is 0 Å². The predicted octanol–water partition coefficient (Wildman–Crippen LogP) is 1.78.